The summed E-state index contributed by atoms with van der Waals surface area (Å²) in [5, 5.41) is 22.9. The van der Waals surface area contributed by atoms with Gasteiger partial charge in [0.05, 0.1) is 11.1 Å². The molecule has 0 unspecified atom stereocenters. The second kappa shape index (κ2) is 5.67. The summed E-state index contributed by atoms with van der Waals surface area (Å²) < 4.78 is 12.9. The number of carbonyl (C=O) groups excluding carboxylic acids is 1. The van der Waals surface area contributed by atoms with Gasteiger partial charge >= 0.3 is 11.1 Å². The molecule has 0 fully saturated rings. The summed E-state index contributed by atoms with van der Waals surface area (Å²) in [6.45, 7) is 6.53. The highest BCUT2D eigenvalue weighted by Crippen LogP contribution is 2.34. The van der Waals surface area contributed by atoms with Crippen molar-refractivity contribution in [1.29, 1.82) is 0 Å². The quantitative estimate of drug-likeness (QED) is 0.388. The van der Waals surface area contributed by atoms with E-state index in [1.165, 1.54) is 12.1 Å². The molecule has 124 valence electrons. The fourth-order valence-corrected chi connectivity index (χ4v) is 2.79. The largest absolute Gasteiger partial charge is 0.615 e. The van der Waals surface area contributed by atoms with Crippen LogP contribution in [0.4, 0.5) is 4.39 Å². The molecule has 1 aliphatic rings. The fraction of sp³-hybridized carbons (Fsp3) is 0.400. The molecule has 0 radical (unpaired) electrons. The molecule has 0 aliphatic carbocycles. The number of nitrogens with zero attached hydrogens (tertiary/aromatic N) is 3. The molecule has 0 spiro atoms. The van der Waals surface area contributed by atoms with Crippen LogP contribution in [0.25, 0.3) is 0 Å². The van der Waals surface area contributed by atoms with Crippen LogP contribution in [-0.2, 0) is 0 Å². The second-order valence-corrected chi connectivity index (χ2v) is 6.58. The number of hydrogen-bond acceptors (Lipinski definition) is 5. The van der Waals surface area contributed by atoms with Crippen LogP contribution < -0.4 is 0 Å². The molecule has 2 rings (SSSR count). The van der Waals surface area contributed by atoms with Crippen molar-refractivity contribution in [3.8, 4) is 0 Å². The van der Waals surface area contributed by atoms with E-state index < -0.39 is 28.1 Å². The van der Waals surface area contributed by atoms with Gasteiger partial charge in [-0.25, -0.2) is 9.18 Å². The Morgan fingerprint density at radius 3 is 2.26 bits per heavy atom. The van der Waals surface area contributed by atoms with Crippen molar-refractivity contribution in [1.82, 2.24) is 5.06 Å². The third-order valence-corrected chi connectivity index (χ3v) is 3.99. The number of hydrogen-bond donors (Lipinski definition) is 1. The fourth-order valence-electron chi connectivity index (χ4n) is 2.44. The summed E-state index contributed by atoms with van der Waals surface area (Å²) in [5.41, 5.74) is -1.95. The number of benzene rings is 1. The number of amides is 1. The van der Waals surface area contributed by atoms with Crippen molar-refractivity contribution >= 4 is 28.4 Å². The summed E-state index contributed by atoms with van der Waals surface area (Å²) in [7, 11) is 0. The predicted octanol–water partition coefficient (Wildman–Crippen LogP) is 2.77. The van der Waals surface area contributed by atoms with Gasteiger partial charge in [-0.2, -0.15) is 5.06 Å². The highest BCUT2D eigenvalue weighted by atomic mass is 35.5. The molecule has 23 heavy (non-hydrogen) atoms. The van der Waals surface area contributed by atoms with Crippen LogP contribution in [0.5, 0.6) is 0 Å². The molecule has 1 heterocycles. The Hall–Kier alpha value is -1.83. The van der Waals surface area contributed by atoms with E-state index in [1.807, 2.05) is 0 Å². The van der Waals surface area contributed by atoms with E-state index in [4.69, 9.17) is 11.6 Å². The van der Waals surface area contributed by atoms with Gasteiger partial charge in [-0.05, 0) is 63.6 Å². The van der Waals surface area contributed by atoms with Gasteiger partial charge in [-0.3, -0.25) is 4.99 Å². The first-order valence-electron chi connectivity index (χ1n) is 6.88. The molecule has 1 amide bonds. The van der Waals surface area contributed by atoms with Gasteiger partial charge in [-0.1, -0.05) is 0 Å². The Morgan fingerprint density at radius 2 is 1.83 bits per heavy atom. The Labute approximate surface area is 138 Å². The van der Waals surface area contributed by atoms with E-state index >= 15 is 0 Å². The molecule has 1 N–H and O–H groups in total. The third kappa shape index (κ3) is 2.99. The molecular weight excluding hydrogens is 325 g/mol. The van der Waals surface area contributed by atoms with Crippen LogP contribution in [0.15, 0.2) is 29.3 Å². The zero-order valence-electron chi connectivity index (χ0n) is 13.2. The maximum Gasteiger partial charge on any atom is 0.431 e. The summed E-state index contributed by atoms with van der Waals surface area (Å²) >= 11 is 6.06. The molecule has 1 aromatic carbocycles. The van der Waals surface area contributed by atoms with Crippen molar-refractivity contribution < 1.29 is 19.1 Å². The predicted molar refractivity (Wildman–Crippen MR) is 84.4 cm³/mol. The van der Waals surface area contributed by atoms with Crippen molar-refractivity contribution in [2.45, 2.75) is 38.9 Å². The summed E-state index contributed by atoms with van der Waals surface area (Å²) in [5.74, 6) is -1.46. The average molecular weight is 342 g/mol. The average Bonchev–Trinajstić information content (AvgIpc) is 2.65. The molecule has 8 heteroatoms. The Balaban J connectivity index is 2.45. The smallest absolute Gasteiger partial charge is 0.431 e. The topological polar surface area (TPSA) is 79.0 Å². The van der Waals surface area contributed by atoms with E-state index in [1.54, 1.807) is 27.7 Å². The molecule has 1 aromatic rings. The minimum Gasteiger partial charge on any atom is -0.615 e. The van der Waals surface area contributed by atoms with Crippen molar-refractivity contribution in [3.05, 3.63) is 40.9 Å². The molecule has 0 bridgehead atoms. The van der Waals surface area contributed by atoms with Crippen LogP contribution in [0, 0.1) is 11.0 Å². The standard InChI is InChI=1S/C15H17ClFN3O3/c1-14(2)11(18-15(3,4)20(14)23)12(16)19(22)13(21)9-5-7-10(17)8-6-9/h5-8,23H,1-4H3/b19-12+. The van der Waals surface area contributed by atoms with Crippen molar-refractivity contribution in [2.75, 3.05) is 0 Å². The number of hydroxylamine groups is 3. The molecule has 0 saturated heterocycles. The first-order chi connectivity index (χ1) is 10.5. The number of carbonyl (C=O) groups is 1. The lowest BCUT2D eigenvalue weighted by Crippen LogP contribution is -2.51. The Morgan fingerprint density at radius 1 is 1.30 bits per heavy atom. The van der Waals surface area contributed by atoms with Crippen LogP contribution in [-0.4, -0.2) is 43.0 Å². The van der Waals surface area contributed by atoms with Crippen LogP contribution in [0.1, 0.15) is 38.1 Å². The highest BCUT2D eigenvalue weighted by Gasteiger charge is 2.51. The SMILES string of the molecule is CC1(C)N=C(/C(Cl)=[N+](\[O-])C(=O)c2ccc(F)cc2)C(C)(C)N1O. The van der Waals surface area contributed by atoms with E-state index in [2.05, 4.69) is 4.99 Å². The first kappa shape index (κ1) is 17.5. The Bertz CT molecular complexity index is 711. The molecule has 6 nitrogen and oxygen atoms in total. The Kier molecular flexibility index (Phi) is 4.32. The lowest BCUT2D eigenvalue weighted by Gasteiger charge is -2.33. The van der Waals surface area contributed by atoms with Crippen molar-refractivity contribution in [2.24, 2.45) is 4.99 Å². The lowest BCUT2D eigenvalue weighted by molar-refractivity contribution is -0.347. The molecule has 1 aliphatic heterocycles. The first-order valence-corrected chi connectivity index (χ1v) is 7.26. The molecule has 0 atom stereocenters. The third-order valence-electron chi connectivity index (χ3n) is 3.66. The van der Waals surface area contributed by atoms with Crippen LogP contribution in [0.2, 0.25) is 0 Å². The zero-order chi connectivity index (χ0) is 17.6. The number of aliphatic imine (C=N–C) groups is 1. The summed E-state index contributed by atoms with van der Waals surface area (Å²) in [6, 6.07) is 4.53. The second-order valence-electron chi connectivity index (χ2n) is 6.22. The summed E-state index contributed by atoms with van der Waals surface area (Å²) in [4.78, 5) is 16.4. The van der Waals surface area contributed by atoms with Crippen LogP contribution >= 0.6 is 11.6 Å². The number of halogens is 2. The van der Waals surface area contributed by atoms with Gasteiger partial charge in [0, 0.05) is 0 Å². The van der Waals surface area contributed by atoms with E-state index in [9.17, 15) is 19.6 Å². The monoisotopic (exact) mass is 341 g/mol. The number of rotatable bonds is 2. The highest BCUT2D eigenvalue weighted by molar-refractivity contribution is 6.83. The van der Waals surface area contributed by atoms with Gasteiger partial charge in [0.25, 0.3) is 0 Å². The molecule has 0 aromatic heterocycles. The zero-order valence-corrected chi connectivity index (χ0v) is 13.9. The molecule has 0 saturated carbocycles. The maximum atomic E-state index is 12.9. The van der Waals surface area contributed by atoms with Gasteiger partial charge in [0.1, 0.15) is 17.2 Å². The minimum atomic E-state index is -1.05. The normalized spacial score (nSPS) is 20.9. The lowest BCUT2D eigenvalue weighted by atomic mass is 9.99. The van der Waals surface area contributed by atoms with E-state index in [0.717, 1.165) is 17.2 Å². The van der Waals surface area contributed by atoms with Crippen LogP contribution in [0.3, 0.4) is 0 Å². The van der Waals surface area contributed by atoms with Gasteiger partial charge in [-0.15, -0.1) is 4.74 Å². The molecular formula is C15H17ClFN3O3. The van der Waals surface area contributed by atoms with Crippen molar-refractivity contribution in [3.63, 3.8) is 0 Å². The summed E-state index contributed by atoms with van der Waals surface area (Å²) in [6.07, 6.45) is 0. The van der Waals surface area contributed by atoms with Gasteiger partial charge in [0.15, 0.2) is 0 Å². The van der Waals surface area contributed by atoms with E-state index in [-0.39, 0.29) is 16.0 Å². The minimum absolute atomic E-state index is 0.00364. The van der Waals surface area contributed by atoms with Gasteiger partial charge in [0.2, 0.25) is 0 Å². The maximum absolute atomic E-state index is 12.9. The van der Waals surface area contributed by atoms with E-state index in [0.29, 0.717) is 0 Å². The van der Waals surface area contributed by atoms with Gasteiger partial charge < -0.3 is 10.4 Å².